The quantitative estimate of drug-likeness (QED) is 0.402. The van der Waals surface area contributed by atoms with Gasteiger partial charge in [0, 0.05) is 11.3 Å². The highest BCUT2D eigenvalue weighted by molar-refractivity contribution is 6.31. The smallest absolute Gasteiger partial charge is 0.441 e. The summed E-state index contributed by atoms with van der Waals surface area (Å²) in [5.74, 6) is -3.82. The van der Waals surface area contributed by atoms with Crippen LogP contribution in [0, 0.1) is 12.7 Å². The Hall–Kier alpha value is -2.81. The molecule has 0 bridgehead atoms. The van der Waals surface area contributed by atoms with Gasteiger partial charge in [0.05, 0.1) is 11.6 Å². The Kier molecular flexibility index (Phi) is 6.73. The first kappa shape index (κ1) is 22.5. The summed E-state index contributed by atoms with van der Waals surface area (Å²) in [5, 5.41) is 3.14. The molecule has 0 aliphatic rings. The Labute approximate surface area is 169 Å². The van der Waals surface area contributed by atoms with E-state index in [0.717, 1.165) is 18.2 Å². The molecule has 10 heteroatoms. The molecule has 156 valence electrons. The standard InChI is InChI=1S/C19H17ClF4N2O3/c1-3-29-17(28)18(19(22,23)24,25-13-7-8-15(21)14(20)10-13)26-16(27)12-6-4-5-11(2)9-12/h4-10,25H,3H2,1-2H3,(H,26,27). The Bertz CT molecular complexity index is 921. The second kappa shape index (κ2) is 8.69. The van der Waals surface area contributed by atoms with E-state index in [9.17, 15) is 27.2 Å². The van der Waals surface area contributed by atoms with Crippen LogP contribution in [0.4, 0.5) is 23.2 Å². The summed E-state index contributed by atoms with van der Waals surface area (Å²) in [7, 11) is 0. The molecule has 2 rings (SSSR count). The number of anilines is 1. The molecular formula is C19H17ClF4N2O3. The number of ether oxygens (including phenoxy) is 1. The predicted octanol–water partition coefficient (Wildman–Crippen LogP) is 4.45. The second-order valence-corrected chi connectivity index (χ2v) is 6.45. The van der Waals surface area contributed by atoms with Gasteiger partial charge in [-0.05, 0) is 44.2 Å². The van der Waals surface area contributed by atoms with Gasteiger partial charge in [0.15, 0.2) is 0 Å². The number of carbonyl (C=O) groups is 2. The summed E-state index contributed by atoms with van der Waals surface area (Å²) >= 11 is 5.62. The van der Waals surface area contributed by atoms with E-state index in [0.29, 0.717) is 5.56 Å². The normalized spacial score (nSPS) is 13.3. The van der Waals surface area contributed by atoms with Gasteiger partial charge in [0.2, 0.25) is 0 Å². The van der Waals surface area contributed by atoms with E-state index < -0.39 is 34.6 Å². The maximum absolute atomic E-state index is 14.1. The van der Waals surface area contributed by atoms with Crippen molar-refractivity contribution in [2.45, 2.75) is 25.7 Å². The van der Waals surface area contributed by atoms with E-state index in [2.05, 4.69) is 4.74 Å². The third-order valence-corrected chi connectivity index (χ3v) is 4.13. The highest BCUT2D eigenvalue weighted by Crippen LogP contribution is 2.34. The molecule has 0 aliphatic heterocycles. The molecule has 5 nitrogen and oxygen atoms in total. The Morgan fingerprint density at radius 1 is 1.14 bits per heavy atom. The van der Waals surface area contributed by atoms with E-state index >= 15 is 0 Å². The van der Waals surface area contributed by atoms with Gasteiger partial charge in [-0.2, -0.15) is 13.2 Å². The van der Waals surface area contributed by atoms with Gasteiger partial charge in [-0.15, -0.1) is 0 Å². The van der Waals surface area contributed by atoms with Crippen molar-refractivity contribution in [3.8, 4) is 0 Å². The lowest BCUT2D eigenvalue weighted by atomic mass is 10.1. The van der Waals surface area contributed by atoms with Crippen LogP contribution in [0.25, 0.3) is 0 Å². The SMILES string of the molecule is CCOC(=O)C(NC(=O)c1cccc(C)c1)(Nc1ccc(F)c(Cl)c1)C(F)(F)F. The average Bonchev–Trinajstić information content (AvgIpc) is 2.63. The Balaban J connectivity index is 2.54. The molecule has 0 heterocycles. The minimum atomic E-state index is -5.32. The van der Waals surface area contributed by atoms with Crippen molar-refractivity contribution >= 4 is 29.2 Å². The first-order chi connectivity index (χ1) is 13.5. The number of nitrogens with one attached hydrogen (secondary N) is 2. The summed E-state index contributed by atoms with van der Waals surface area (Å²) in [6.45, 7) is 2.59. The van der Waals surface area contributed by atoms with Gasteiger partial charge in [-0.25, -0.2) is 9.18 Å². The van der Waals surface area contributed by atoms with E-state index in [1.165, 1.54) is 25.1 Å². The molecule has 29 heavy (non-hydrogen) atoms. The lowest BCUT2D eigenvalue weighted by Gasteiger charge is -2.35. The van der Waals surface area contributed by atoms with Crippen molar-refractivity contribution in [1.29, 1.82) is 0 Å². The molecular weight excluding hydrogens is 416 g/mol. The molecule has 0 aromatic heterocycles. The first-order valence-corrected chi connectivity index (χ1v) is 8.74. The summed E-state index contributed by atoms with van der Waals surface area (Å²) < 4.78 is 60.2. The monoisotopic (exact) mass is 432 g/mol. The van der Waals surface area contributed by atoms with Crippen LogP contribution in [0.1, 0.15) is 22.8 Å². The fourth-order valence-electron chi connectivity index (χ4n) is 2.45. The lowest BCUT2D eigenvalue weighted by Crippen LogP contribution is -2.69. The minimum absolute atomic E-state index is 0.0955. The number of rotatable bonds is 6. The van der Waals surface area contributed by atoms with Crippen LogP contribution in [0.3, 0.4) is 0 Å². The van der Waals surface area contributed by atoms with E-state index in [1.54, 1.807) is 18.3 Å². The van der Waals surface area contributed by atoms with Crippen molar-refractivity contribution in [1.82, 2.24) is 5.32 Å². The summed E-state index contributed by atoms with van der Waals surface area (Å²) in [6.07, 6.45) is -5.32. The number of alkyl halides is 3. The number of esters is 1. The van der Waals surface area contributed by atoms with E-state index in [-0.39, 0.29) is 17.9 Å². The lowest BCUT2D eigenvalue weighted by molar-refractivity contribution is -0.204. The molecule has 2 aromatic carbocycles. The van der Waals surface area contributed by atoms with Crippen LogP contribution in [-0.2, 0) is 9.53 Å². The third-order valence-electron chi connectivity index (χ3n) is 3.84. The van der Waals surface area contributed by atoms with Crippen molar-refractivity contribution in [3.63, 3.8) is 0 Å². The zero-order chi connectivity index (χ0) is 21.8. The van der Waals surface area contributed by atoms with Crippen LogP contribution in [0.2, 0.25) is 5.02 Å². The number of aryl methyl sites for hydroxylation is 1. The van der Waals surface area contributed by atoms with Crippen LogP contribution in [0.15, 0.2) is 42.5 Å². The number of amides is 1. The van der Waals surface area contributed by atoms with Gasteiger partial charge in [0.1, 0.15) is 5.82 Å². The highest BCUT2D eigenvalue weighted by atomic mass is 35.5. The molecule has 0 aliphatic carbocycles. The minimum Gasteiger partial charge on any atom is -0.463 e. The summed E-state index contributed by atoms with van der Waals surface area (Å²) in [5.41, 5.74) is -3.46. The maximum Gasteiger partial charge on any atom is 0.441 e. The molecule has 0 spiro atoms. The molecule has 1 unspecified atom stereocenters. The number of benzene rings is 2. The number of hydrogen-bond acceptors (Lipinski definition) is 4. The van der Waals surface area contributed by atoms with Gasteiger partial charge < -0.3 is 15.4 Å². The fourth-order valence-corrected chi connectivity index (χ4v) is 2.63. The van der Waals surface area contributed by atoms with Crippen LogP contribution < -0.4 is 10.6 Å². The highest BCUT2D eigenvalue weighted by Gasteiger charge is 2.63. The van der Waals surface area contributed by atoms with Gasteiger partial charge in [-0.1, -0.05) is 29.3 Å². The Morgan fingerprint density at radius 3 is 2.38 bits per heavy atom. The van der Waals surface area contributed by atoms with Gasteiger partial charge in [-0.3, -0.25) is 4.79 Å². The number of halogens is 5. The Morgan fingerprint density at radius 2 is 1.83 bits per heavy atom. The third kappa shape index (κ3) is 4.97. The van der Waals surface area contributed by atoms with Gasteiger partial charge >= 0.3 is 17.8 Å². The molecule has 0 fully saturated rings. The fraction of sp³-hybridized carbons (Fsp3) is 0.263. The van der Waals surface area contributed by atoms with E-state index in [4.69, 9.17) is 11.6 Å². The maximum atomic E-state index is 14.1. The second-order valence-electron chi connectivity index (χ2n) is 6.05. The van der Waals surface area contributed by atoms with Crippen LogP contribution in [-0.4, -0.2) is 30.3 Å². The molecule has 2 N–H and O–H groups in total. The van der Waals surface area contributed by atoms with Crippen molar-refractivity contribution < 1.29 is 31.9 Å². The van der Waals surface area contributed by atoms with Crippen LogP contribution >= 0.6 is 11.6 Å². The van der Waals surface area contributed by atoms with Crippen molar-refractivity contribution in [2.24, 2.45) is 0 Å². The molecule has 0 saturated heterocycles. The zero-order valence-corrected chi connectivity index (χ0v) is 16.1. The molecule has 0 radical (unpaired) electrons. The van der Waals surface area contributed by atoms with Crippen molar-refractivity contribution in [2.75, 3.05) is 11.9 Å². The summed E-state index contributed by atoms with van der Waals surface area (Å²) in [6, 6.07) is 8.41. The number of hydrogen-bond donors (Lipinski definition) is 2. The predicted molar refractivity (Wildman–Crippen MR) is 99.1 cm³/mol. The van der Waals surface area contributed by atoms with Crippen molar-refractivity contribution in [3.05, 3.63) is 64.4 Å². The van der Waals surface area contributed by atoms with Crippen LogP contribution in [0.5, 0.6) is 0 Å². The first-order valence-electron chi connectivity index (χ1n) is 8.36. The van der Waals surface area contributed by atoms with E-state index in [1.807, 2.05) is 5.32 Å². The molecule has 0 saturated carbocycles. The topological polar surface area (TPSA) is 67.4 Å². The zero-order valence-electron chi connectivity index (χ0n) is 15.4. The summed E-state index contributed by atoms with van der Waals surface area (Å²) in [4.78, 5) is 24.9. The molecule has 1 amide bonds. The largest absolute Gasteiger partial charge is 0.463 e. The average molecular weight is 433 g/mol. The molecule has 2 aromatic rings. The molecule has 1 atom stereocenters. The van der Waals surface area contributed by atoms with Gasteiger partial charge in [0.25, 0.3) is 5.91 Å². The number of carbonyl (C=O) groups excluding carboxylic acids is 2.